The summed E-state index contributed by atoms with van der Waals surface area (Å²) in [5.41, 5.74) is 0.551. The maximum atomic E-state index is 12.6. The first-order valence-corrected chi connectivity index (χ1v) is 6.41. The fraction of sp³-hybridized carbons (Fsp3) is 0.500. The second-order valence-electron chi connectivity index (χ2n) is 4.59. The Labute approximate surface area is 125 Å². The molecule has 0 saturated carbocycles. The van der Waals surface area contributed by atoms with Crippen molar-refractivity contribution in [2.45, 2.75) is 13.0 Å². The summed E-state index contributed by atoms with van der Waals surface area (Å²) in [5, 5.41) is 3.27. The molecule has 1 heterocycles. The van der Waals surface area contributed by atoms with E-state index in [1.165, 1.54) is 0 Å². The summed E-state index contributed by atoms with van der Waals surface area (Å²) in [6.07, 6.45) is 0. The van der Waals surface area contributed by atoms with E-state index in [4.69, 9.17) is 9.47 Å². The normalized spacial score (nSPS) is 18.1. The van der Waals surface area contributed by atoms with Gasteiger partial charge in [-0.3, -0.25) is 4.79 Å². The van der Waals surface area contributed by atoms with E-state index in [-0.39, 0.29) is 24.4 Å². The summed E-state index contributed by atoms with van der Waals surface area (Å²) in [7, 11) is 3.12. The highest BCUT2D eigenvalue weighted by molar-refractivity contribution is 5.98. The van der Waals surface area contributed by atoms with Gasteiger partial charge in [-0.2, -0.15) is 0 Å². The summed E-state index contributed by atoms with van der Waals surface area (Å²) >= 11 is 0. The lowest BCUT2D eigenvalue weighted by molar-refractivity contribution is 0.0651. The molecule has 1 saturated heterocycles. The van der Waals surface area contributed by atoms with Gasteiger partial charge in [-0.1, -0.05) is 6.07 Å². The van der Waals surface area contributed by atoms with Crippen LogP contribution in [0.3, 0.4) is 0 Å². The van der Waals surface area contributed by atoms with Crippen molar-refractivity contribution in [3.8, 4) is 11.5 Å². The molecule has 1 N–H and O–H groups in total. The van der Waals surface area contributed by atoms with Crippen LogP contribution in [0.5, 0.6) is 11.5 Å². The first kappa shape index (κ1) is 16.6. The summed E-state index contributed by atoms with van der Waals surface area (Å²) in [4.78, 5) is 14.5. The minimum atomic E-state index is -0.00949. The molecule has 1 fully saturated rings. The van der Waals surface area contributed by atoms with Gasteiger partial charge in [0.25, 0.3) is 5.91 Å². The van der Waals surface area contributed by atoms with Gasteiger partial charge in [-0.15, -0.1) is 12.4 Å². The minimum absolute atomic E-state index is 0. The van der Waals surface area contributed by atoms with Gasteiger partial charge in [0.2, 0.25) is 0 Å². The molecule has 1 aliphatic rings. The number of nitrogens with one attached hydrogen (secondary N) is 1. The zero-order chi connectivity index (χ0) is 13.8. The van der Waals surface area contributed by atoms with Crippen molar-refractivity contribution < 1.29 is 14.3 Å². The number of benzene rings is 1. The van der Waals surface area contributed by atoms with Crippen LogP contribution in [0.4, 0.5) is 0 Å². The molecule has 1 aromatic carbocycles. The van der Waals surface area contributed by atoms with E-state index in [2.05, 4.69) is 5.32 Å². The third-order valence-electron chi connectivity index (χ3n) is 3.40. The van der Waals surface area contributed by atoms with Crippen molar-refractivity contribution in [1.29, 1.82) is 0 Å². The van der Waals surface area contributed by atoms with Gasteiger partial charge in [-0.25, -0.2) is 0 Å². The molecule has 6 heteroatoms. The molecule has 1 atom stereocenters. The Balaban J connectivity index is 0.00000200. The van der Waals surface area contributed by atoms with Crippen LogP contribution in [-0.4, -0.2) is 50.7 Å². The number of nitrogens with zero attached hydrogens (tertiary/aromatic N) is 1. The van der Waals surface area contributed by atoms with E-state index in [1.807, 2.05) is 11.8 Å². The zero-order valence-corrected chi connectivity index (χ0v) is 12.8. The Morgan fingerprint density at radius 3 is 2.70 bits per heavy atom. The van der Waals surface area contributed by atoms with E-state index in [9.17, 15) is 4.79 Å². The van der Waals surface area contributed by atoms with Crippen LogP contribution in [0.1, 0.15) is 17.3 Å². The SMILES string of the molecule is COc1cccc(C(=O)N2CCNCC2C)c1OC.Cl. The first-order chi connectivity index (χ1) is 9.19. The standard InChI is InChI=1S/C14H20N2O3.ClH/c1-10-9-15-7-8-16(10)14(17)11-5-4-6-12(18-2)13(11)19-3;/h4-6,10,15H,7-9H2,1-3H3;1H. The van der Waals surface area contributed by atoms with Gasteiger partial charge < -0.3 is 19.7 Å². The zero-order valence-electron chi connectivity index (χ0n) is 12.0. The maximum Gasteiger partial charge on any atom is 0.258 e. The highest BCUT2D eigenvalue weighted by Gasteiger charge is 2.27. The number of methoxy groups -OCH3 is 2. The van der Waals surface area contributed by atoms with Gasteiger partial charge in [0, 0.05) is 25.7 Å². The Morgan fingerprint density at radius 1 is 1.35 bits per heavy atom. The van der Waals surface area contributed by atoms with Crippen molar-refractivity contribution in [1.82, 2.24) is 10.2 Å². The van der Waals surface area contributed by atoms with E-state index >= 15 is 0 Å². The van der Waals surface area contributed by atoms with Crippen molar-refractivity contribution in [3.63, 3.8) is 0 Å². The summed E-state index contributed by atoms with van der Waals surface area (Å²) in [5.74, 6) is 1.07. The largest absolute Gasteiger partial charge is 0.493 e. The number of piperazine rings is 1. The van der Waals surface area contributed by atoms with Gasteiger partial charge in [0.05, 0.1) is 19.8 Å². The van der Waals surface area contributed by atoms with Crippen LogP contribution in [0.2, 0.25) is 0 Å². The topological polar surface area (TPSA) is 50.8 Å². The fourth-order valence-corrected chi connectivity index (χ4v) is 2.35. The number of para-hydroxylation sites is 1. The number of amides is 1. The third kappa shape index (κ3) is 3.16. The van der Waals surface area contributed by atoms with Crippen LogP contribution in [0, 0.1) is 0 Å². The molecule has 0 radical (unpaired) electrons. The predicted molar refractivity (Wildman–Crippen MR) is 80.2 cm³/mol. The molecule has 1 aromatic rings. The molecule has 0 aliphatic carbocycles. The average molecular weight is 301 g/mol. The molecule has 20 heavy (non-hydrogen) atoms. The Morgan fingerprint density at radius 2 is 2.10 bits per heavy atom. The fourth-order valence-electron chi connectivity index (χ4n) is 2.35. The molecule has 5 nitrogen and oxygen atoms in total. The summed E-state index contributed by atoms with van der Waals surface area (Å²) < 4.78 is 10.6. The Hall–Kier alpha value is -1.46. The van der Waals surface area contributed by atoms with Crippen LogP contribution >= 0.6 is 12.4 Å². The summed E-state index contributed by atoms with van der Waals surface area (Å²) in [6.45, 7) is 4.39. The molecule has 112 valence electrons. The molecule has 1 unspecified atom stereocenters. The number of halogens is 1. The van der Waals surface area contributed by atoms with Gasteiger partial charge >= 0.3 is 0 Å². The Kier molecular flexibility index (Phi) is 6.10. The number of ether oxygens (including phenoxy) is 2. The predicted octanol–water partition coefficient (Wildman–Crippen LogP) is 1.56. The lowest BCUT2D eigenvalue weighted by atomic mass is 10.1. The third-order valence-corrected chi connectivity index (χ3v) is 3.40. The lowest BCUT2D eigenvalue weighted by Gasteiger charge is -2.34. The van der Waals surface area contributed by atoms with Crippen LogP contribution in [0.25, 0.3) is 0 Å². The van der Waals surface area contributed by atoms with Crippen LogP contribution < -0.4 is 14.8 Å². The molecule has 1 amide bonds. The van der Waals surface area contributed by atoms with Crippen molar-refractivity contribution in [2.75, 3.05) is 33.9 Å². The maximum absolute atomic E-state index is 12.6. The highest BCUT2D eigenvalue weighted by atomic mass is 35.5. The van der Waals surface area contributed by atoms with E-state index in [0.717, 1.165) is 13.1 Å². The van der Waals surface area contributed by atoms with Gasteiger partial charge in [-0.05, 0) is 19.1 Å². The lowest BCUT2D eigenvalue weighted by Crippen LogP contribution is -2.52. The van der Waals surface area contributed by atoms with Gasteiger partial charge in [0.15, 0.2) is 11.5 Å². The molecular weight excluding hydrogens is 280 g/mol. The van der Waals surface area contributed by atoms with Gasteiger partial charge in [0.1, 0.15) is 0 Å². The van der Waals surface area contributed by atoms with E-state index in [0.29, 0.717) is 23.6 Å². The number of hydrogen-bond donors (Lipinski definition) is 1. The van der Waals surface area contributed by atoms with Crippen molar-refractivity contribution >= 4 is 18.3 Å². The number of carbonyl (C=O) groups is 1. The quantitative estimate of drug-likeness (QED) is 0.920. The molecule has 0 bridgehead atoms. The van der Waals surface area contributed by atoms with Crippen molar-refractivity contribution in [2.24, 2.45) is 0 Å². The molecule has 1 aliphatic heterocycles. The summed E-state index contributed by atoms with van der Waals surface area (Å²) in [6, 6.07) is 5.55. The highest BCUT2D eigenvalue weighted by Crippen LogP contribution is 2.31. The average Bonchev–Trinajstić information content (AvgIpc) is 2.46. The van der Waals surface area contributed by atoms with E-state index in [1.54, 1.807) is 32.4 Å². The molecule has 2 rings (SSSR count). The monoisotopic (exact) mass is 300 g/mol. The van der Waals surface area contributed by atoms with E-state index < -0.39 is 0 Å². The molecule has 0 aromatic heterocycles. The van der Waals surface area contributed by atoms with Crippen LogP contribution in [-0.2, 0) is 0 Å². The number of carbonyl (C=O) groups excluding carboxylic acids is 1. The smallest absolute Gasteiger partial charge is 0.258 e. The second kappa shape index (κ2) is 7.36. The molecule has 0 spiro atoms. The Bertz CT molecular complexity index is 468. The minimum Gasteiger partial charge on any atom is -0.493 e. The number of hydrogen-bond acceptors (Lipinski definition) is 4. The van der Waals surface area contributed by atoms with Crippen LogP contribution in [0.15, 0.2) is 18.2 Å². The van der Waals surface area contributed by atoms with Crippen molar-refractivity contribution in [3.05, 3.63) is 23.8 Å². The molecular formula is C14H21ClN2O3. The number of rotatable bonds is 3. The second-order valence-corrected chi connectivity index (χ2v) is 4.59. The first-order valence-electron chi connectivity index (χ1n) is 6.41.